The number of amides is 1. The van der Waals surface area contributed by atoms with Crippen LogP contribution in [0.1, 0.15) is 45.2 Å². The molecule has 5 rings (SSSR count). The Hall–Kier alpha value is -3.40. The third-order valence-corrected chi connectivity index (χ3v) is 5.97. The molecule has 0 radical (unpaired) electrons. The molecule has 2 N–H and O–H groups in total. The Bertz CT molecular complexity index is 1250. The number of pyridine rings is 2. The molecule has 0 fully saturated rings. The minimum absolute atomic E-state index is 0.136. The van der Waals surface area contributed by atoms with E-state index in [2.05, 4.69) is 9.97 Å². The summed E-state index contributed by atoms with van der Waals surface area (Å²) in [6.07, 6.45) is -2.52. The molecular weight excluding hydrogens is 425 g/mol. The van der Waals surface area contributed by atoms with Gasteiger partial charge in [-0.2, -0.15) is 13.2 Å². The second kappa shape index (κ2) is 7.33. The molecule has 7 nitrogen and oxygen atoms in total. The van der Waals surface area contributed by atoms with Gasteiger partial charge in [0.15, 0.2) is 0 Å². The summed E-state index contributed by atoms with van der Waals surface area (Å²) in [6, 6.07) is 4.59. The normalized spacial score (nSPS) is 17.6. The van der Waals surface area contributed by atoms with Crippen LogP contribution in [0.15, 0.2) is 30.5 Å². The Morgan fingerprint density at radius 1 is 1.22 bits per heavy atom. The largest absolute Gasteiger partial charge is 0.493 e. The summed E-state index contributed by atoms with van der Waals surface area (Å²) < 4.78 is 50.1. The van der Waals surface area contributed by atoms with Gasteiger partial charge < -0.3 is 20.1 Å². The standard InChI is InChI=1S/C22H19F3N4O3/c1-29(18-4-5-32-19-6-11(22(23,24)25)2-3-12(18)19)21(30)16-7-13-14-9-31-10-15(14)20(26)28-17(13)8-27-16/h2-3,6-8,18H,4-5,9-10H2,1H3,(H2,26,28)/t18-/m1/s1. The first-order valence-electron chi connectivity index (χ1n) is 10.00. The second-order valence-corrected chi connectivity index (χ2v) is 7.85. The molecular formula is C22H19F3N4O3. The monoisotopic (exact) mass is 444 g/mol. The highest BCUT2D eigenvalue weighted by Crippen LogP contribution is 2.40. The first-order valence-corrected chi connectivity index (χ1v) is 10.00. The smallest absolute Gasteiger partial charge is 0.416 e. The van der Waals surface area contributed by atoms with Crippen LogP contribution in [0.4, 0.5) is 19.0 Å². The molecule has 4 heterocycles. The predicted molar refractivity (Wildman–Crippen MR) is 109 cm³/mol. The maximum absolute atomic E-state index is 13.3. The quantitative estimate of drug-likeness (QED) is 0.646. The van der Waals surface area contributed by atoms with Crippen molar-refractivity contribution < 1.29 is 27.4 Å². The number of nitrogen functional groups attached to an aromatic ring is 1. The summed E-state index contributed by atoms with van der Waals surface area (Å²) in [5.74, 6) is 0.172. The number of alkyl halides is 3. The van der Waals surface area contributed by atoms with E-state index in [9.17, 15) is 18.0 Å². The van der Waals surface area contributed by atoms with Gasteiger partial charge in [0.05, 0.1) is 43.1 Å². The van der Waals surface area contributed by atoms with Crippen molar-refractivity contribution >= 4 is 22.6 Å². The molecule has 2 aliphatic heterocycles. The summed E-state index contributed by atoms with van der Waals surface area (Å²) in [4.78, 5) is 23.4. The Labute approximate surface area is 181 Å². The van der Waals surface area contributed by atoms with E-state index >= 15 is 0 Å². The van der Waals surface area contributed by atoms with Gasteiger partial charge in [0.2, 0.25) is 0 Å². The van der Waals surface area contributed by atoms with Crippen LogP contribution in [-0.2, 0) is 24.1 Å². The summed E-state index contributed by atoms with van der Waals surface area (Å²) in [5.41, 5.74) is 8.22. The molecule has 3 aromatic rings. The number of rotatable bonds is 2. The summed E-state index contributed by atoms with van der Waals surface area (Å²) in [6.45, 7) is 0.949. The van der Waals surface area contributed by atoms with Crippen LogP contribution in [0.3, 0.4) is 0 Å². The molecule has 2 aliphatic rings. The molecule has 1 aromatic carbocycles. The molecule has 0 spiro atoms. The van der Waals surface area contributed by atoms with Crippen molar-refractivity contribution in [1.82, 2.24) is 14.9 Å². The maximum Gasteiger partial charge on any atom is 0.416 e. The average Bonchev–Trinajstić information content (AvgIpc) is 3.28. The zero-order valence-corrected chi connectivity index (χ0v) is 17.1. The Morgan fingerprint density at radius 2 is 2.00 bits per heavy atom. The van der Waals surface area contributed by atoms with Gasteiger partial charge in [0.25, 0.3) is 5.91 Å². The van der Waals surface area contributed by atoms with Gasteiger partial charge in [-0.05, 0) is 23.8 Å². The Morgan fingerprint density at radius 3 is 2.78 bits per heavy atom. The number of fused-ring (bicyclic) bond motifs is 4. The number of hydrogen-bond donors (Lipinski definition) is 1. The van der Waals surface area contributed by atoms with Gasteiger partial charge >= 0.3 is 6.18 Å². The van der Waals surface area contributed by atoms with Gasteiger partial charge in [-0.1, -0.05) is 6.07 Å². The number of ether oxygens (including phenoxy) is 2. The molecule has 1 atom stereocenters. The molecule has 0 saturated heterocycles. The molecule has 10 heteroatoms. The topological polar surface area (TPSA) is 90.6 Å². The number of carbonyl (C=O) groups is 1. The molecule has 0 unspecified atom stereocenters. The number of anilines is 1. The van der Waals surface area contributed by atoms with E-state index in [1.54, 1.807) is 13.1 Å². The molecule has 0 bridgehead atoms. The van der Waals surface area contributed by atoms with Crippen molar-refractivity contribution in [2.75, 3.05) is 19.4 Å². The lowest BCUT2D eigenvalue weighted by molar-refractivity contribution is -0.137. The molecule has 0 saturated carbocycles. The predicted octanol–water partition coefficient (Wildman–Crippen LogP) is 3.86. The van der Waals surface area contributed by atoms with Crippen molar-refractivity contribution in [3.63, 3.8) is 0 Å². The zero-order chi connectivity index (χ0) is 22.6. The summed E-state index contributed by atoms with van der Waals surface area (Å²) in [7, 11) is 1.61. The molecule has 32 heavy (non-hydrogen) atoms. The van der Waals surface area contributed by atoms with E-state index < -0.39 is 17.8 Å². The number of nitrogens with zero attached hydrogens (tertiary/aromatic N) is 3. The van der Waals surface area contributed by atoms with E-state index in [4.69, 9.17) is 15.2 Å². The number of aromatic nitrogens is 2. The van der Waals surface area contributed by atoms with Crippen molar-refractivity contribution in [1.29, 1.82) is 0 Å². The van der Waals surface area contributed by atoms with Crippen molar-refractivity contribution in [3.8, 4) is 5.75 Å². The van der Waals surface area contributed by atoms with Crippen LogP contribution >= 0.6 is 0 Å². The van der Waals surface area contributed by atoms with Gasteiger partial charge in [-0.15, -0.1) is 0 Å². The van der Waals surface area contributed by atoms with Gasteiger partial charge in [0, 0.05) is 30.0 Å². The molecule has 1 amide bonds. The van der Waals surface area contributed by atoms with E-state index in [1.165, 1.54) is 17.2 Å². The van der Waals surface area contributed by atoms with E-state index in [1.807, 2.05) is 0 Å². The first kappa shape index (κ1) is 20.5. The highest BCUT2D eigenvalue weighted by atomic mass is 19.4. The fourth-order valence-corrected chi connectivity index (χ4v) is 4.26. The third kappa shape index (κ3) is 3.31. The molecule has 0 aliphatic carbocycles. The average molecular weight is 444 g/mol. The lowest BCUT2D eigenvalue weighted by atomic mass is 9.97. The van der Waals surface area contributed by atoms with Crippen molar-refractivity contribution in [2.24, 2.45) is 0 Å². The van der Waals surface area contributed by atoms with E-state index in [-0.39, 0.29) is 24.0 Å². The van der Waals surface area contributed by atoms with Crippen LogP contribution in [0.25, 0.3) is 10.9 Å². The van der Waals surface area contributed by atoms with Gasteiger partial charge in [-0.3, -0.25) is 4.79 Å². The zero-order valence-electron chi connectivity index (χ0n) is 17.1. The van der Waals surface area contributed by atoms with Crippen LogP contribution in [0.5, 0.6) is 5.75 Å². The fourth-order valence-electron chi connectivity index (χ4n) is 4.26. The summed E-state index contributed by atoms with van der Waals surface area (Å²) in [5, 5.41) is 0.751. The minimum Gasteiger partial charge on any atom is -0.493 e. The number of hydrogen-bond acceptors (Lipinski definition) is 6. The van der Waals surface area contributed by atoms with Gasteiger partial charge in [-0.25, -0.2) is 9.97 Å². The Kier molecular flexibility index (Phi) is 4.70. The van der Waals surface area contributed by atoms with Crippen molar-refractivity contribution in [3.05, 3.63) is 58.4 Å². The second-order valence-electron chi connectivity index (χ2n) is 7.85. The first-order chi connectivity index (χ1) is 15.2. The number of benzene rings is 1. The SMILES string of the molecule is CN(C(=O)c1cc2c3c(c(N)nc2cn1)COC3)[C@@H]1CCOc2cc(C(F)(F)F)ccc21. The highest BCUT2D eigenvalue weighted by molar-refractivity contribution is 5.97. The minimum atomic E-state index is -4.47. The third-order valence-electron chi connectivity index (χ3n) is 5.97. The van der Waals surface area contributed by atoms with Gasteiger partial charge in [0.1, 0.15) is 17.3 Å². The van der Waals surface area contributed by atoms with E-state index in [0.29, 0.717) is 36.5 Å². The maximum atomic E-state index is 13.3. The van der Waals surface area contributed by atoms with Crippen molar-refractivity contribution in [2.45, 2.75) is 31.9 Å². The van der Waals surface area contributed by atoms with Crippen LogP contribution in [0.2, 0.25) is 0 Å². The number of halogens is 3. The number of nitrogens with two attached hydrogens (primary N) is 1. The highest BCUT2D eigenvalue weighted by Gasteiger charge is 2.35. The lowest BCUT2D eigenvalue weighted by Gasteiger charge is -2.33. The lowest BCUT2D eigenvalue weighted by Crippen LogP contribution is -2.35. The Balaban J connectivity index is 1.48. The van der Waals surface area contributed by atoms with Crippen LogP contribution < -0.4 is 10.5 Å². The van der Waals surface area contributed by atoms with Crippen LogP contribution in [-0.4, -0.2) is 34.4 Å². The van der Waals surface area contributed by atoms with Crippen LogP contribution in [0, 0.1) is 0 Å². The number of carbonyl (C=O) groups excluding carboxylic acids is 1. The van der Waals surface area contributed by atoms with E-state index in [0.717, 1.165) is 28.6 Å². The molecule has 166 valence electrons. The molecule has 2 aromatic heterocycles. The summed E-state index contributed by atoms with van der Waals surface area (Å²) >= 11 is 0. The fraction of sp³-hybridized carbons (Fsp3) is 0.318.